The number of carbonyl (C=O) groups excluding carboxylic acids is 1. The smallest absolute Gasteiger partial charge is 0.276 e. The zero-order chi connectivity index (χ0) is 21.7. The molecule has 0 aromatic heterocycles. The van der Waals surface area contributed by atoms with Crippen LogP contribution < -0.4 is 41.9 Å². The highest BCUT2D eigenvalue weighted by Gasteiger charge is 2.34. The average Bonchev–Trinajstić information content (AvgIpc) is 2.73. The summed E-state index contributed by atoms with van der Waals surface area (Å²) in [7, 11) is 16.3. The Morgan fingerprint density at radius 3 is 2.20 bits per heavy atom. The molecule has 0 radical (unpaired) electrons. The van der Waals surface area contributed by atoms with Crippen LogP contribution in [0.4, 0.5) is 17.1 Å². The first kappa shape index (κ1) is 22.5. The molecule has 10 heteroatoms. The Morgan fingerprint density at radius 2 is 1.53 bits per heavy atom. The van der Waals surface area contributed by atoms with Gasteiger partial charge in [0.2, 0.25) is 0 Å². The predicted octanol–water partition coefficient (Wildman–Crippen LogP) is 1.70. The zero-order valence-electron chi connectivity index (χ0n) is 15.9. The number of ether oxygens (including phenoxy) is 1. The molecule has 0 spiro atoms. The maximum atomic E-state index is 13.0. The summed E-state index contributed by atoms with van der Waals surface area (Å²) in [5.41, 5.74) is 10.6. The first-order valence-corrected chi connectivity index (χ1v) is 12.5. The SMILES string of the molecule is Nc1c(P)c(P)c(P)c(P)c1-c1cc2c(cc1P)OC(P)C(=O)N2c1ccccc1. The van der Waals surface area contributed by atoms with Gasteiger partial charge in [0, 0.05) is 22.2 Å². The van der Waals surface area contributed by atoms with Crippen LogP contribution in [0.3, 0.4) is 0 Å². The molecule has 4 nitrogen and oxygen atoms in total. The minimum Gasteiger partial charge on any atom is -0.475 e. The lowest BCUT2D eigenvalue weighted by Gasteiger charge is -2.34. The highest BCUT2D eigenvalue weighted by atomic mass is 31.0. The van der Waals surface area contributed by atoms with E-state index in [1.807, 2.05) is 42.5 Å². The second-order valence-electron chi connectivity index (χ2n) is 6.90. The first-order valence-electron chi connectivity index (χ1n) is 8.98. The van der Waals surface area contributed by atoms with E-state index in [0.717, 1.165) is 43.3 Å². The molecule has 0 bridgehead atoms. The third-order valence-corrected chi connectivity index (χ3v) is 9.44. The van der Waals surface area contributed by atoms with Gasteiger partial charge in [0.15, 0.2) is 5.85 Å². The molecule has 7 atom stereocenters. The summed E-state index contributed by atoms with van der Waals surface area (Å²) >= 11 is 0. The number of anilines is 3. The molecule has 3 aromatic carbocycles. The molecule has 1 heterocycles. The van der Waals surface area contributed by atoms with Crippen LogP contribution in [0.25, 0.3) is 11.1 Å². The quantitative estimate of drug-likeness (QED) is 0.424. The number of nitrogens with two attached hydrogens (primary N) is 1. The number of hydrogen-bond donors (Lipinski definition) is 1. The van der Waals surface area contributed by atoms with Gasteiger partial charge in [-0.1, -0.05) is 27.4 Å². The van der Waals surface area contributed by atoms with Crippen LogP contribution in [-0.4, -0.2) is 11.8 Å². The molecule has 30 heavy (non-hydrogen) atoms. The van der Waals surface area contributed by atoms with E-state index in [4.69, 9.17) is 10.5 Å². The van der Waals surface area contributed by atoms with Crippen molar-refractivity contribution in [3.8, 4) is 16.9 Å². The third-order valence-electron chi connectivity index (χ3n) is 5.07. The van der Waals surface area contributed by atoms with Crippen molar-refractivity contribution >= 4 is 105 Å². The maximum absolute atomic E-state index is 13.0. The van der Waals surface area contributed by atoms with E-state index < -0.39 is 5.85 Å². The number of hydrogen-bond acceptors (Lipinski definition) is 3. The Labute approximate surface area is 190 Å². The van der Waals surface area contributed by atoms with Crippen LogP contribution in [-0.2, 0) is 4.79 Å². The van der Waals surface area contributed by atoms with Crippen molar-refractivity contribution in [2.45, 2.75) is 5.85 Å². The fourth-order valence-electron chi connectivity index (χ4n) is 3.49. The van der Waals surface area contributed by atoms with E-state index in [-0.39, 0.29) is 5.91 Å². The lowest BCUT2D eigenvalue weighted by atomic mass is 10.0. The van der Waals surface area contributed by atoms with Crippen molar-refractivity contribution in [1.29, 1.82) is 0 Å². The van der Waals surface area contributed by atoms with Crippen LogP contribution in [0.2, 0.25) is 0 Å². The van der Waals surface area contributed by atoms with Crippen molar-refractivity contribution in [2.75, 3.05) is 10.6 Å². The summed E-state index contributed by atoms with van der Waals surface area (Å²) in [5.74, 6) is -0.140. The number of benzene rings is 3. The topological polar surface area (TPSA) is 55.6 Å². The highest BCUT2D eigenvalue weighted by Crippen LogP contribution is 2.42. The normalized spacial score (nSPS) is 15.7. The molecule has 1 aliphatic heterocycles. The lowest BCUT2D eigenvalue weighted by Crippen LogP contribution is -2.40. The molecule has 154 valence electrons. The summed E-state index contributed by atoms with van der Waals surface area (Å²) in [6.45, 7) is 0. The number of nitrogen functional groups attached to an aromatic ring is 1. The summed E-state index contributed by atoms with van der Waals surface area (Å²) in [6, 6.07) is 13.5. The minimum atomic E-state index is -0.649. The monoisotopic (exact) mass is 508 g/mol. The predicted molar refractivity (Wildman–Crippen MR) is 151 cm³/mol. The maximum Gasteiger partial charge on any atom is 0.276 e. The van der Waals surface area contributed by atoms with Gasteiger partial charge >= 0.3 is 0 Å². The number of amides is 1. The fourth-order valence-corrected chi connectivity index (χ4v) is 5.87. The van der Waals surface area contributed by atoms with Crippen LogP contribution >= 0.6 is 55.4 Å². The molecule has 0 saturated carbocycles. The van der Waals surface area contributed by atoms with Gasteiger partial charge in [-0.3, -0.25) is 9.69 Å². The largest absolute Gasteiger partial charge is 0.475 e. The Kier molecular flexibility index (Phi) is 6.51. The standard InChI is InChI=1S/C20H22N2O2P6/c21-14-13(15(26)17(28)18(29)16(14)27)9-6-10-11(7-12(9)25)24-20(30)19(23)22(10)8-4-2-1-3-5-8/h1-7,20H,21,25-30H2. The Hall–Kier alpha value is -0.690. The van der Waals surface area contributed by atoms with Crippen LogP contribution in [0.5, 0.6) is 5.75 Å². The lowest BCUT2D eigenvalue weighted by molar-refractivity contribution is -0.121. The van der Waals surface area contributed by atoms with E-state index in [0.29, 0.717) is 17.1 Å². The molecular formula is C20H22N2O2P6. The number of fused-ring (bicyclic) bond motifs is 1. The van der Waals surface area contributed by atoms with E-state index in [1.54, 1.807) is 4.90 Å². The Morgan fingerprint density at radius 1 is 0.900 bits per heavy atom. The van der Waals surface area contributed by atoms with Crippen LogP contribution in [0.1, 0.15) is 0 Å². The van der Waals surface area contributed by atoms with E-state index in [1.165, 1.54) is 0 Å². The summed E-state index contributed by atoms with van der Waals surface area (Å²) in [4.78, 5) is 14.7. The van der Waals surface area contributed by atoms with Gasteiger partial charge in [-0.25, -0.2) is 0 Å². The van der Waals surface area contributed by atoms with E-state index in [2.05, 4.69) is 55.4 Å². The van der Waals surface area contributed by atoms with Crippen molar-refractivity contribution in [3.05, 3.63) is 42.5 Å². The average molecular weight is 508 g/mol. The summed E-state index contributed by atoms with van der Waals surface area (Å²) < 4.78 is 5.90. The Bertz CT molecular complexity index is 1160. The zero-order valence-corrected chi connectivity index (χ0v) is 22.9. The van der Waals surface area contributed by atoms with Crippen molar-refractivity contribution < 1.29 is 9.53 Å². The molecule has 3 aromatic rings. The summed E-state index contributed by atoms with van der Waals surface area (Å²) in [5, 5.41) is 4.96. The number of carbonyl (C=O) groups is 1. The molecular weight excluding hydrogens is 486 g/mol. The molecule has 0 aliphatic carbocycles. The molecule has 4 rings (SSSR count). The number of nitrogens with zero attached hydrogens (tertiary/aromatic N) is 1. The number of para-hydroxylation sites is 1. The van der Waals surface area contributed by atoms with Crippen LogP contribution in [0, 0.1) is 0 Å². The van der Waals surface area contributed by atoms with Crippen molar-refractivity contribution in [2.24, 2.45) is 0 Å². The molecule has 2 N–H and O–H groups in total. The summed E-state index contributed by atoms with van der Waals surface area (Å²) in [6.07, 6.45) is 0. The molecule has 1 amide bonds. The van der Waals surface area contributed by atoms with Crippen molar-refractivity contribution in [3.63, 3.8) is 0 Å². The second-order valence-corrected chi connectivity index (χ2v) is 10.4. The van der Waals surface area contributed by atoms with Gasteiger partial charge in [-0.2, -0.15) is 0 Å². The third kappa shape index (κ3) is 3.72. The van der Waals surface area contributed by atoms with Crippen LogP contribution in [0.15, 0.2) is 42.5 Å². The Balaban J connectivity index is 2.00. The van der Waals surface area contributed by atoms with Gasteiger partial charge in [-0.15, -0.1) is 46.2 Å². The minimum absolute atomic E-state index is 0.140. The van der Waals surface area contributed by atoms with Gasteiger partial charge in [0.05, 0.1) is 5.69 Å². The van der Waals surface area contributed by atoms with E-state index in [9.17, 15) is 4.79 Å². The van der Waals surface area contributed by atoms with Crippen molar-refractivity contribution in [1.82, 2.24) is 0 Å². The van der Waals surface area contributed by atoms with Gasteiger partial charge in [0.1, 0.15) is 5.75 Å². The molecule has 0 fully saturated rings. The van der Waals surface area contributed by atoms with Gasteiger partial charge in [-0.05, 0) is 51.0 Å². The molecule has 0 saturated heterocycles. The number of rotatable bonds is 2. The highest BCUT2D eigenvalue weighted by molar-refractivity contribution is 7.43. The van der Waals surface area contributed by atoms with E-state index >= 15 is 0 Å². The second kappa shape index (κ2) is 8.68. The van der Waals surface area contributed by atoms with Gasteiger partial charge in [0.25, 0.3) is 5.91 Å². The first-order chi connectivity index (χ1) is 14.2. The molecule has 1 aliphatic rings. The van der Waals surface area contributed by atoms with Gasteiger partial charge < -0.3 is 10.5 Å². The fraction of sp³-hybridized carbons (Fsp3) is 0.0500. The molecule has 7 unspecified atom stereocenters.